The van der Waals surface area contributed by atoms with Gasteiger partial charge in [-0.1, -0.05) is 13.0 Å². The number of thioether (sulfide) groups is 1. The first-order valence-electron chi connectivity index (χ1n) is 5.11. The molecule has 0 aliphatic rings. The number of rotatable bonds is 7. The lowest BCUT2D eigenvalue weighted by Gasteiger charge is -2.03. The predicted molar refractivity (Wildman–Crippen MR) is 63.6 cm³/mol. The normalized spacial score (nSPS) is 10.4. The molecule has 1 heterocycles. The van der Waals surface area contributed by atoms with E-state index in [1.54, 1.807) is 6.20 Å². The molecular formula is C11H18N2S. The molecule has 0 aliphatic heterocycles. The quantitative estimate of drug-likeness (QED) is 0.699. The van der Waals surface area contributed by atoms with Crippen molar-refractivity contribution in [1.29, 1.82) is 0 Å². The van der Waals surface area contributed by atoms with Gasteiger partial charge in [0, 0.05) is 31.2 Å². The molecule has 0 saturated carbocycles. The highest BCUT2D eigenvalue weighted by Crippen LogP contribution is 2.00. The van der Waals surface area contributed by atoms with Gasteiger partial charge in [-0.05, 0) is 23.8 Å². The molecule has 0 bridgehead atoms. The standard InChI is InChI=1S/C11H18N2S/c1-2-7-14-8-6-13-10-11-4-3-5-12-9-11/h3-5,9,13H,2,6-8,10H2,1H3. The maximum absolute atomic E-state index is 4.07. The SMILES string of the molecule is CCCSCCNCc1cccnc1. The summed E-state index contributed by atoms with van der Waals surface area (Å²) in [5.74, 6) is 2.47. The van der Waals surface area contributed by atoms with Gasteiger partial charge in [0.2, 0.25) is 0 Å². The van der Waals surface area contributed by atoms with Gasteiger partial charge in [0.15, 0.2) is 0 Å². The zero-order valence-electron chi connectivity index (χ0n) is 8.70. The van der Waals surface area contributed by atoms with E-state index in [1.165, 1.54) is 23.5 Å². The highest BCUT2D eigenvalue weighted by molar-refractivity contribution is 7.99. The fraction of sp³-hybridized carbons (Fsp3) is 0.545. The average molecular weight is 210 g/mol. The molecular weight excluding hydrogens is 192 g/mol. The summed E-state index contributed by atoms with van der Waals surface area (Å²) < 4.78 is 0. The van der Waals surface area contributed by atoms with E-state index < -0.39 is 0 Å². The van der Waals surface area contributed by atoms with Crippen LogP contribution in [0.1, 0.15) is 18.9 Å². The van der Waals surface area contributed by atoms with Crippen molar-refractivity contribution in [3.05, 3.63) is 30.1 Å². The van der Waals surface area contributed by atoms with Gasteiger partial charge in [-0.25, -0.2) is 0 Å². The maximum Gasteiger partial charge on any atom is 0.0312 e. The van der Waals surface area contributed by atoms with E-state index in [1.807, 2.05) is 24.0 Å². The minimum atomic E-state index is 0.931. The van der Waals surface area contributed by atoms with Crippen molar-refractivity contribution in [2.75, 3.05) is 18.1 Å². The third-order valence-electron chi connectivity index (χ3n) is 1.82. The van der Waals surface area contributed by atoms with Gasteiger partial charge in [0.25, 0.3) is 0 Å². The van der Waals surface area contributed by atoms with Crippen LogP contribution in [0.25, 0.3) is 0 Å². The van der Waals surface area contributed by atoms with Gasteiger partial charge in [-0.15, -0.1) is 0 Å². The molecule has 1 aromatic heterocycles. The lowest BCUT2D eigenvalue weighted by molar-refractivity contribution is 0.729. The first-order chi connectivity index (χ1) is 6.93. The summed E-state index contributed by atoms with van der Waals surface area (Å²) >= 11 is 2.01. The Bertz CT molecular complexity index is 226. The highest BCUT2D eigenvalue weighted by atomic mass is 32.2. The fourth-order valence-electron chi connectivity index (χ4n) is 1.13. The third kappa shape index (κ3) is 5.25. The monoisotopic (exact) mass is 210 g/mol. The molecule has 0 aromatic carbocycles. The summed E-state index contributed by atoms with van der Waals surface area (Å²) in [5, 5.41) is 3.40. The lowest BCUT2D eigenvalue weighted by atomic mass is 10.3. The van der Waals surface area contributed by atoms with Crippen LogP contribution in [0.15, 0.2) is 24.5 Å². The van der Waals surface area contributed by atoms with Crippen LogP contribution < -0.4 is 5.32 Å². The van der Waals surface area contributed by atoms with Crippen LogP contribution in [0.4, 0.5) is 0 Å². The zero-order chi connectivity index (χ0) is 10.1. The van der Waals surface area contributed by atoms with Gasteiger partial charge in [-0.3, -0.25) is 4.98 Å². The summed E-state index contributed by atoms with van der Waals surface area (Å²) in [6.07, 6.45) is 4.99. The number of hydrogen-bond donors (Lipinski definition) is 1. The molecule has 1 aromatic rings. The predicted octanol–water partition coefficient (Wildman–Crippen LogP) is 2.31. The van der Waals surface area contributed by atoms with Crippen LogP contribution in [-0.2, 0) is 6.54 Å². The van der Waals surface area contributed by atoms with E-state index in [2.05, 4.69) is 23.3 Å². The first-order valence-corrected chi connectivity index (χ1v) is 6.26. The summed E-state index contributed by atoms with van der Waals surface area (Å²) in [5.41, 5.74) is 1.26. The van der Waals surface area contributed by atoms with Crippen molar-refractivity contribution < 1.29 is 0 Å². The van der Waals surface area contributed by atoms with Gasteiger partial charge in [0.1, 0.15) is 0 Å². The largest absolute Gasteiger partial charge is 0.312 e. The Morgan fingerprint density at radius 3 is 3.07 bits per heavy atom. The minimum Gasteiger partial charge on any atom is -0.312 e. The molecule has 0 unspecified atom stereocenters. The number of hydrogen-bond acceptors (Lipinski definition) is 3. The molecule has 0 spiro atoms. The van der Waals surface area contributed by atoms with E-state index >= 15 is 0 Å². The summed E-state index contributed by atoms with van der Waals surface area (Å²) in [6, 6.07) is 4.07. The molecule has 0 radical (unpaired) electrons. The van der Waals surface area contributed by atoms with Crippen LogP contribution in [0, 0.1) is 0 Å². The Morgan fingerprint density at radius 1 is 1.43 bits per heavy atom. The Hall–Kier alpha value is -0.540. The lowest BCUT2D eigenvalue weighted by Crippen LogP contribution is -2.16. The summed E-state index contributed by atoms with van der Waals surface area (Å²) in [7, 11) is 0. The van der Waals surface area contributed by atoms with Crippen LogP contribution in [-0.4, -0.2) is 23.0 Å². The molecule has 2 nitrogen and oxygen atoms in total. The molecule has 1 N–H and O–H groups in total. The molecule has 0 fully saturated rings. The zero-order valence-corrected chi connectivity index (χ0v) is 9.52. The van der Waals surface area contributed by atoms with Gasteiger partial charge < -0.3 is 5.32 Å². The van der Waals surface area contributed by atoms with Crippen molar-refractivity contribution >= 4 is 11.8 Å². The van der Waals surface area contributed by atoms with Gasteiger partial charge in [-0.2, -0.15) is 11.8 Å². The Labute approximate surface area is 90.5 Å². The summed E-state index contributed by atoms with van der Waals surface area (Å²) in [6.45, 7) is 4.23. The number of nitrogens with one attached hydrogen (secondary N) is 1. The van der Waals surface area contributed by atoms with E-state index in [-0.39, 0.29) is 0 Å². The van der Waals surface area contributed by atoms with Crippen LogP contribution in [0.3, 0.4) is 0 Å². The van der Waals surface area contributed by atoms with Crippen molar-refractivity contribution in [3.63, 3.8) is 0 Å². The molecule has 3 heteroatoms. The van der Waals surface area contributed by atoms with E-state index in [9.17, 15) is 0 Å². The topological polar surface area (TPSA) is 24.9 Å². The third-order valence-corrected chi connectivity index (χ3v) is 3.01. The van der Waals surface area contributed by atoms with Crippen molar-refractivity contribution in [3.8, 4) is 0 Å². The van der Waals surface area contributed by atoms with Gasteiger partial charge in [0.05, 0.1) is 0 Å². The molecule has 0 saturated heterocycles. The first kappa shape index (κ1) is 11.5. The molecule has 78 valence electrons. The Morgan fingerprint density at radius 2 is 2.36 bits per heavy atom. The highest BCUT2D eigenvalue weighted by Gasteiger charge is 1.91. The molecule has 1 rings (SSSR count). The second-order valence-electron chi connectivity index (χ2n) is 3.15. The molecule has 0 amide bonds. The Balaban J connectivity index is 1.99. The van der Waals surface area contributed by atoms with E-state index in [0.29, 0.717) is 0 Å². The minimum absolute atomic E-state index is 0.931. The average Bonchev–Trinajstić information content (AvgIpc) is 2.25. The van der Waals surface area contributed by atoms with Crippen LogP contribution in [0.2, 0.25) is 0 Å². The second kappa shape index (κ2) is 7.83. The molecule has 0 aliphatic carbocycles. The number of nitrogens with zero attached hydrogens (tertiary/aromatic N) is 1. The van der Waals surface area contributed by atoms with Crippen LogP contribution >= 0.6 is 11.8 Å². The van der Waals surface area contributed by atoms with Crippen molar-refractivity contribution in [2.45, 2.75) is 19.9 Å². The number of pyridine rings is 1. The van der Waals surface area contributed by atoms with E-state index in [0.717, 1.165) is 13.1 Å². The summed E-state index contributed by atoms with van der Waals surface area (Å²) in [4.78, 5) is 4.07. The molecule has 0 atom stereocenters. The maximum atomic E-state index is 4.07. The van der Waals surface area contributed by atoms with Crippen LogP contribution in [0.5, 0.6) is 0 Å². The fourth-order valence-corrected chi connectivity index (χ4v) is 1.91. The van der Waals surface area contributed by atoms with E-state index in [4.69, 9.17) is 0 Å². The Kier molecular flexibility index (Phi) is 6.45. The van der Waals surface area contributed by atoms with Crippen molar-refractivity contribution in [1.82, 2.24) is 10.3 Å². The van der Waals surface area contributed by atoms with Gasteiger partial charge >= 0.3 is 0 Å². The molecule has 14 heavy (non-hydrogen) atoms. The second-order valence-corrected chi connectivity index (χ2v) is 4.38. The number of aromatic nitrogens is 1. The smallest absolute Gasteiger partial charge is 0.0312 e. The van der Waals surface area contributed by atoms with Crippen molar-refractivity contribution in [2.24, 2.45) is 0 Å².